The van der Waals surface area contributed by atoms with Crippen LogP contribution in [0.15, 0.2) is 0 Å². The molecule has 0 aliphatic rings. The average Bonchev–Trinajstić information content (AvgIpc) is 1.81. The molecule has 0 atom stereocenters. The van der Waals surface area contributed by atoms with E-state index >= 15 is 0 Å². The van der Waals surface area contributed by atoms with E-state index in [-0.39, 0.29) is 0 Å². The largest absolute Gasteiger partial charge is 0.127 e. The van der Waals surface area contributed by atoms with E-state index in [1.165, 1.54) is 0 Å². The van der Waals surface area contributed by atoms with Gasteiger partial charge in [0, 0.05) is 19.2 Å². The van der Waals surface area contributed by atoms with Gasteiger partial charge in [0.15, 0.2) is 0 Å². The highest BCUT2D eigenvalue weighted by molar-refractivity contribution is 6.17. The predicted molar refractivity (Wildman–Crippen MR) is 37.7 cm³/mol. The molecule has 45 valence electrons. The molecule has 0 saturated heterocycles. The predicted octanol–water partition coefficient (Wildman–Crippen LogP) is 2.23. The molecule has 1 radical (unpaired) electrons. The van der Waals surface area contributed by atoms with Gasteiger partial charge in [-0.1, -0.05) is 0 Å². The van der Waals surface area contributed by atoms with Crippen LogP contribution < -0.4 is 0 Å². The van der Waals surface area contributed by atoms with Crippen molar-refractivity contribution < 1.29 is 0 Å². The van der Waals surface area contributed by atoms with Crippen molar-refractivity contribution in [1.29, 1.82) is 0 Å². The van der Waals surface area contributed by atoms with Crippen molar-refractivity contribution in [1.82, 2.24) is 0 Å². The second-order valence-electron chi connectivity index (χ2n) is 1.50. The third kappa shape index (κ3) is 5.85. The Balaban J connectivity index is 2.79. The van der Waals surface area contributed by atoms with Gasteiger partial charge in [-0.3, -0.25) is 0 Å². The van der Waals surface area contributed by atoms with Crippen molar-refractivity contribution in [3.63, 3.8) is 0 Å². The second kappa shape index (κ2) is 6.85. The average molecular weight is 130 g/mol. The van der Waals surface area contributed by atoms with E-state index in [0.29, 0.717) is 0 Å². The number of alkyl halides is 1. The van der Waals surface area contributed by atoms with Crippen LogP contribution in [0.5, 0.6) is 0 Å². The molecule has 8 heavy (non-hydrogen) atoms. The lowest BCUT2D eigenvalue weighted by Crippen LogP contribution is -1.73. The van der Waals surface area contributed by atoms with Crippen molar-refractivity contribution in [3.05, 3.63) is 6.92 Å². The Morgan fingerprint density at radius 3 is 2.62 bits per heavy atom. The molecule has 0 aromatic rings. The standard InChI is InChI=1S/C7H10Cl/c1-2-3-4-5-6-7-8/h1,4-7H2. The molecule has 0 bridgehead atoms. The van der Waals surface area contributed by atoms with E-state index in [9.17, 15) is 0 Å². The Kier molecular flexibility index (Phi) is 6.72. The summed E-state index contributed by atoms with van der Waals surface area (Å²) in [7, 11) is 0. The second-order valence-corrected chi connectivity index (χ2v) is 1.88. The van der Waals surface area contributed by atoms with Crippen molar-refractivity contribution >= 4 is 11.6 Å². The van der Waals surface area contributed by atoms with Crippen LogP contribution in [-0.2, 0) is 0 Å². The molecule has 0 nitrogen and oxygen atoms in total. The Bertz CT molecular complexity index is 86.3. The van der Waals surface area contributed by atoms with E-state index in [2.05, 4.69) is 18.8 Å². The lowest BCUT2D eigenvalue weighted by molar-refractivity contribution is 0.833. The summed E-state index contributed by atoms with van der Waals surface area (Å²) >= 11 is 5.42. The molecular weight excluding hydrogens is 120 g/mol. The minimum atomic E-state index is 0.749. The molecule has 0 aromatic heterocycles. The summed E-state index contributed by atoms with van der Waals surface area (Å²) in [4.78, 5) is 0. The van der Waals surface area contributed by atoms with Crippen LogP contribution in [0.2, 0.25) is 0 Å². The van der Waals surface area contributed by atoms with Gasteiger partial charge in [0.05, 0.1) is 0 Å². The first-order valence-corrected chi connectivity index (χ1v) is 3.26. The highest BCUT2D eigenvalue weighted by atomic mass is 35.5. The summed E-state index contributed by atoms with van der Waals surface area (Å²) in [6, 6.07) is 0. The summed E-state index contributed by atoms with van der Waals surface area (Å²) in [5.74, 6) is 6.20. The topological polar surface area (TPSA) is 0 Å². The van der Waals surface area contributed by atoms with Gasteiger partial charge in [0.2, 0.25) is 0 Å². The third-order valence-corrected chi connectivity index (χ3v) is 1.08. The molecule has 0 unspecified atom stereocenters. The van der Waals surface area contributed by atoms with Gasteiger partial charge in [0.25, 0.3) is 0 Å². The summed E-state index contributed by atoms with van der Waals surface area (Å²) in [6.45, 7) is 3.39. The SMILES string of the molecule is [CH2]C#CCCCCCl. The number of unbranched alkanes of at least 4 members (excludes halogenated alkanes) is 2. The molecule has 0 N–H and O–H groups in total. The van der Waals surface area contributed by atoms with Gasteiger partial charge in [-0.05, 0) is 12.8 Å². The van der Waals surface area contributed by atoms with Crippen LogP contribution in [0.1, 0.15) is 19.3 Å². The zero-order valence-corrected chi connectivity index (χ0v) is 5.67. The van der Waals surface area contributed by atoms with Crippen LogP contribution in [-0.4, -0.2) is 5.88 Å². The molecule has 0 heterocycles. The van der Waals surface area contributed by atoms with E-state index in [0.717, 1.165) is 25.1 Å². The smallest absolute Gasteiger partial charge is 0.0223 e. The van der Waals surface area contributed by atoms with Crippen LogP contribution in [0, 0.1) is 18.8 Å². The molecule has 1 heteroatoms. The van der Waals surface area contributed by atoms with Gasteiger partial charge >= 0.3 is 0 Å². The number of halogens is 1. The molecule has 0 saturated carbocycles. The van der Waals surface area contributed by atoms with E-state index < -0.39 is 0 Å². The monoisotopic (exact) mass is 129 g/mol. The van der Waals surface area contributed by atoms with Crippen molar-refractivity contribution in [2.45, 2.75) is 19.3 Å². The first kappa shape index (κ1) is 7.85. The van der Waals surface area contributed by atoms with Gasteiger partial charge in [-0.2, -0.15) is 0 Å². The van der Waals surface area contributed by atoms with E-state index in [1.807, 2.05) is 0 Å². The molecule has 0 aliphatic carbocycles. The third-order valence-electron chi connectivity index (χ3n) is 0.810. The summed E-state index contributed by atoms with van der Waals surface area (Å²) in [5, 5.41) is 0. The molecule has 0 fully saturated rings. The first-order valence-electron chi connectivity index (χ1n) is 2.72. The van der Waals surface area contributed by atoms with Crippen LogP contribution in [0.4, 0.5) is 0 Å². The van der Waals surface area contributed by atoms with Gasteiger partial charge in [-0.15, -0.1) is 23.4 Å². The summed E-state index contributed by atoms with van der Waals surface area (Å²) in [6.07, 6.45) is 3.11. The fraction of sp³-hybridized carbons (Fsp3) is 0.571. The van der Waals surface area contributed by atoms with E-state index in [1.54, 1.807) is 0 Å². The molecule has 0 aliphatic heterocycles. The minimum absolute atomic E-state index is 0.749. The molecular formula is C7H10Cl. The summed E-state index contributed by atoms with van der Waals surface area (Å²) in [5.41, 5.74) is 0. The maximum Gasteiger partial charge on any atom is 0.0223 e. The minimum Gasteiger partial charge on any atom is -0.127 e. The van der Waals surface area contributed by atoms with Crippen LogP contribution >= 0.6 is 11.6 Å². The van der Waals surface area contributed by atoms with Crippen molar-refractivity contribution in [2.75, 3.05) is 5.88 Å². The van der Waals surface area contributed by atoms with Gasteiger partial charge < -0.3 is 0 Å². The quantitative estimate of drug-likeness (QED) is 0.312. The Morgan fingerprint density at radius 2 is 2.12 bits per heavy atom. The fourth-order valence-corrected chi connectivity index (χ4v) is 0.585. The molecule has 0 amide bonds. The lowest BCUT2D eigenvalue weighted by atomic mass is 10.2. The Morgan fingerprint density at radius 1 is 1.38 bits per heavy atom. The zero-order valence-electron chi connectivity index (χ0n) is 4.91. The molecule has 0 aromatic carbocycles. The number of rotatable bonds is 3. The zero-order chi connectivity index (χ0) is 6.24. The van der Waals surface area contributed by atoms with Crippen LogP contribution in [0.3, 0.4) is 0 Å². The van der Waals surface area contributed by atoms with E-state index in [4.69, 9.17) is 11.6 Å². The molecule has 0 spiro atoms. The molecule has 0 rings (SSSR count). The highest BCUT2D eigenvalue weighted by Crippen LogP contribution is 1.94. The number of hydrogen-bond donors (Lipinski definition) is 0. The first-order chi connectivity index (χ1) is 3.91. The van der Waals surface area contributed by atoms with Crippen molar-refractivity contribution in [3.8, 4) is 11.8 Å². The summed E-state index contributed by atoms with van der Waals surface area (Å²) < 4.78 is 0. The number of hydrogen-bond acceptors (Lipinski definition) is 0. The van der Waals surface area contributed by atoms with Gasteiger partial charge in [-0.25, -0.2) is 0 Å². The van der Waals surface area contributed by atoms with Gasteiger partial charge in [0.1, 0.15) is 0 Å². The Labute approximate surface area is 56.2 Å². The maximum atomic E-state index is 5.42. The maximum absolute atomic E-state index is 5.42. The van der Waals surface area contributed by atoms with Crippen molar-refractivity contribution in [2.24, 2.45) is 0 Å². The highest BCUT2D eigenvalue weighted by Gasteiger charge is 1.79. The van der Waals surface area contributed by atoms with Crippen LogP contribution in [0.25, 0.3) is 0 Å². The lowest BCUT2D eigenvalue weighted by Gasteiger charge is -1.85. The fourth-order valence-electron chi connectivity index (χ4n) is 0.396. The normalized spacial score (nSPS) is 7.75. The Hall–Kier alpha value is -0.150.